The summed E-state index contributed by atoms with van der Waals surface area (Å²) in [5.41, 5.74) is -0.240. The third kappa shape index (κ3) is 5.88. The smallest absolute Gasteiger partial charge is 0.227 e. The Bertz CT molecular complexity index is 339. The minimum Gasteiger partial charge on any atom is -0.379 e. The largest absolute Gasteiger partial charge is 0.379 e. The molecule has 2 amide bonds. The number of nitrogens with one attached hydrogen (secondary N) is 3. The van der Waals surface area contributed by atoms with Gasteiger partial charge in [-0.05, 0) is 27.3 Å². The molecule has 1 saturated heterocycles. The van der Waals surface area contributed by atoms with Crippen LogP contribution in [0.3, 0.4) is 0 Å². The molecule has 6 heteroatoms. The zero-order valence-electron chi connectivity index (χ0n) is 12.9. The Morgan fingerprint density at radius 3 is 2.55 bits per heavy atom. The van der Waals surface area contributed by atoms with Crippen LogP contribution in [0.2, 0.25) is 0 Å². The first-order valence-corrected chi connectivity index (χ1v) is 7.23. The van der Waals surface area contributed by atoms with Gasteiger partial charge in [0, 0.05) is 24.5 Å². The molecule has 0 aromatic rings. The van der Waals surface area contributed by atoms with Crippen molar-refractivity contribution in [1.29, 1.82) is 0 Å². The fraction of sp³-hybridized carbons (Fsp3) is 0.857. The molecule has 0 spiro atoms. The predicted molar refractivity (Wildman–Crippen MR) is 77.3 cm³/mol. The zero-order valence-corrected chi connectivity index (χ0v) is 12.9. The van der Waals surface area contributed by atoms with E-state index < -0.39 is 0 Å². The summed E-state index contributed by atoms with van der Waals surface area (Å²) in [4.78, 5) is 23.7. The lowest BCUT2D eigenvalue weighted by Crippen LogP contribution is -2.45. The van der Waals surface area contributed by atoms with Gasteiger partial charge in [-0.3, -0.25) is 9.59 Å². The monoisotopic (exact) mass is 285 g/mol. The van der Waals surface area contributed by atoms with E-state index in [2.05, 4.69) is 16.0 Å². The summed E-state index contributed by atoms with van der Waals surface area (Å²) in [7, 11) is 0. The number of hydrogen-bond acceptors (Lipinski definition) is 4. The Hall–Kier alpha value is -1.14. The Balaban J connectivity index is 2.28. The van der Waals surface area contributed by atoms with Gasteiger partial charge in [0.15, 0.2) is 0 Å². The number of carbonyl (C=O) groups is 2. The van der Waals surface area contributed by atoms with E-state index in [4.69, 9.17) is 4.74 Å². The van der Waals surface area contributed by atoms with Crippen LogP contribution < -0.4 is 16.0 Å². The Morgan fingerprint density at radius 1 is 1.25 bits per heavy atom. The van der Waals surface area contributed by atoms with Gasteiger partial charge < -0.3 is 20.7 Å². The van der Waals surface area contributed by atoms with Crippen LogP contribution in [0, 0.1) is 5.92 Å². The molecule has 0 saturated carbocycles. The maximum absolute atomic E-state index is 12.0. The number of rotatable bonds is 6. The van der Waals surface area contributed by atoms with E-state index in [-0.39, 0.29) is 29.3 Å². The molecule has 1 aliphatic rings. The zero-order chi connectivity index (χ0) is 15.2. The molecule has 0 bridgehead atoms. The van der Waals surface area contributed by atoms with E-state index in [0.29, 0.717) is 26.2 Å². The highest BCUT2D eigenvalue weighted by molar-refractivity contribution is 5.81. The molecule has 2 unspecified atom stereocenters. The lowest BCUT2D eigenvalue weighted by atomic mass is 10.0. The minimum atomic E-state index is -0.240. The molecule has 0 aromatic heterocycles. The van der Waals surface area contributed by atoms with Crippen molar-refractivity contribution in [1.82, 2.24) is 16.0 Å². The summed E-state index contributed by atoms with van der Waals surface area (Å²) >= 11 is 0. The van der Waals surface area contributed by atoms with Crippen molar-refractivity contribution in [2.24, 2.45) is 5.92 Å². The van der Waals surface area contributed by atoms with E-state index in [1.54, 1.807) is 0 Å². The van der Waals surface area contributed by atoms with Crippen LogP contribution in [0.4, 0.5) is 0 Å². The molecule has 0 radical (unpaired) electrons. The third-order valence-electron chi connectivity index (χ3n) is 3.05. The summed E-state index contributed by atoms with van der Waals surface area (Å²) in [6.45, 7) is 9.97. The quantitative estimate of drug-likeness (QED) is 0.643. The number of hydrogen-bond donors (Lipinski definition) is 3. The van der Waals surface area contributed by atoms with Crippen LogP contribution in [-0.4, -0.2) is 49.7 Å². The molecule has 6 nitrogen and oxygen atoms in total. The highest BCUT2D eigenvalue weighted by atomic mass is 16.5. The lowest BCUT2D eigenvalue weighted by molar-refractivity contribution is -0.125. The van der Waals surface area contributed by atoms with Crippen LogP contribution in [0.1, 0.15) is 34.1 Å². The van der Waals surface area contributed by atoms with E-state index in [1.165, 1.54) is 0 Å². The Morgan fingerprint density at radius 2 is 1.95 bits per heavy atom. The summed E-state index contributed by atoms with van der Waals surface area (Å²) in [5, 5.41) is 8.91. The molecule has 2 atom stereocenters. The average molecular weight is 285 g/mol. The highest BCUT2D eigenvalue weighted by Crippen LogP contribution is 2.13. The van der Waals surface area contributed by atoms with Gasteiger partial charge in [0.05, 0.1) is 19.1 Å². The maximum Gasteiger partial charge on any atom is 0.227 e. The molecule has 1 rings (SSSR count). The molecule has 1 fully saturated rings. The van der Waals surface area contributed by atoms with Crippen molar-refractivity contribution in [3.63, 3.8) is 0 Å². The number of ether oxygens (including phenoxy) is 1. The molecule has 1 aliphatic heterocycles. The first kappa shape index (κ1) is 16.9. The van der Waals surface area contributed by atoms with Gasteiger partial charge >= 0.3 is 0 Å². The second kappa shape index (κ2) is 7.59. The van der Waals surface area contributed by atoms with Crippen molar-refractivity contribution < 1.29 is 14.3 Å². The minimum absolute atomic E-state index is 0.0444. The standard InChI is InChI=1S/C14H27N3O3/c1-5-15-11-9-20-8-10(11)13(19)16-7-6-12(18)17-14(2,3)4/h10-11,15H,5-9H2,1-4H3,(H,16,19)(H,17,18). The van der Waals surface area contributed by atoms with Gasteiger partial charge in [-0.15, -0.1) is 0 Å². The summed E-state index contributed by atoms with van der Waals surface area (Å²) in [5.74, 6) is -0.263. The number of carbonyl (C=O) groups excluding carboxylic acids is 2. The van der Waals surface area contributed by atoms with Crippen molar-refractivity contribution in [3.8, 4) is 0 Å². The second-order valence-electron chi connectivity index (χ2n) is 6.15. The molecule has 3 N–H and O–H groups in total. The van der Waals surface area contributed by atoms with Gasteiger partial charge in [0.1, 0.15) is 0 Å². The Labute approximate surface area is 121 Å². The highest BCUT2D eigenvalue weighted by Gasteiger charge is 2.33. The van der Waals surface area contributed by atoms with E-state index in [9.17, 15) is 9.59 Å². The van der Waals surface area contributed by atoms with Crippen LogP contribution in [0.5, 0.6) is 0 Å². The molecule has 20 heavy (non-hydrogen) atoms. The van der Waals surface area contributed by atoms with Crippen molar-refractivity contribution in [3.05, 3.63) is 0 Å². The third-order valence-corrected chi connectivity index (χ3v) is 3.05. The van der Waals surface area contributed by atoms with Gasteiger partial charge in [-0.2, -0.15) is 0 Å². The maximum atomic E-state index is 12.0. The molecule has 0 aromatic carbocycles. The molecular weight excluding hydrogens is 258 g/mol. The summed E-state index contributed by atoms with van der Waals surface area (Å²) < 4.78 is 5.33. The first-order chi connectivity index (χ1) is 9.33. The van der Waals surface area contributed by atoms with Crippen LogP contribution in [0.15, 0.2) is 0 Å². The Kier molecular flexibility index (Phi) is 6.42. The first-order valence-electron chi connectivity index (χ1n) is 7.23. The van der Waals surface area contributed by atoms with E-state index >= 15 is 0 Å². The summed E-state index contributed by atoms with van der Waals surface area (Å²) in [6.07, 6.45) is 0.294. The van der Waals surface area contributed by atoms with Gasteiger partial charge in [-0.25, -0.2) is 0 Å². The van der Waals surface area contributed by atoms with Crippen LogP contribution >= 0.6 is 0 Å². The molecular formula is C14H27N3O3. The molecule has 0 aliphatic carbocycles. The number of amides is 2. The number of likely N-dealkylation sites (N-methyl/N-ethyl adjacent to an activating group) is 1. The fourth-order valence-electron chi connectivity index (χ4n) is 2.19. The topological polar surface area (TPSA) is 79.5 Å². The van der Waals surface area contributed by atoms with Crippen molar-refractivity contribution >= 4 is 11.8 Å². The SMILES string of the molecule is CCNC1COCC1C(=O)NCCC(=O)NC(C)(C)C. The van der Waals surface area contributed by atoms with E-state index in [1.807, 2.05) is 27.7 Å². The molecule has 116 valence electrons. The van der Waals surface area contributed by atoms with Crippen molar-refractivity contribution in [2.45, 2.75) is 45.7 Å². The average Bonchev–Trinajstić information content (AvgIpc) is 2.75. The lowest BCUT2D eigenvalue weighted by Gasteiger charge is -2.21. The second-order valence-corrected chi connectivity index (χ2v) is 6.15. The van der Waals surface area contributed by atoms with Crippen molar-refractivity contribution in [2.75, 3.05) is 26.3 Å². The summed E-state index contributed by atoms with van der Waals surface area (Å²) in [6, 6.07) is 0.0726. The van der Waals surface area contributed by atoms with Gasteiger partial charge in [0.25, 0.3) is 0 Å². The normalized spacial score (nSPS) is 22.6. The van der Waals surface area contributed by atoms with Gasteiger partial charge in [0.2, 0.25) is 11.8 Å². The van der Waals surface area contributed by atoms with E-state index in [0.717, 1.165) is 6.54 Å². The van der Waals surface area contributed by atoms with Crippen LogP contribution in [-0.2, 0) is 14.3 Å². The van der Waals surface area contributed by atoms with Gasteiger partial charge in [-0.1, -0.05) is 6.92 Å². The molecule has 1 heterocycles. The van der Waals surface area contributed by atoms with Crippen LogP contribution in [0.25, 0.3) is 0 Å². The predicted octanol–water partition coefficient (Wildman–Crippen LogP) is 0.0319. The fourth-order valence-corrected chi connectivity index (χ4v) is 2.19.